The molecule has 128 valence electrons. The Morgan fingerprint density at radius 3 is 2.92 bits per heavy atom. The molecule has 5 nitrogen and oxygen atoms in total. The summed E-state index contributed by atoms with van der Waals surface area (Å²) in [5.74, 6) is 0. The predicted molar refractivity (Wildman–Crippen MR) is 91.3 cm³/mol. The van der Waals surface area contributed by atoms with Gasteiger partial charge in [-0.15, -0.1) is 0 Å². The van der Waals surface area contributed by atoms with Crippen LogP contribution in [0.15, 0.2) is 30.3 Å². The summed E-state index contributed by atoms with van der Waals surface area (Å²) in [5.41, 5.74) is 0.698. The van der Waals surface area contributed by atoms with Crippen LogP contribution in [-0.2, 0) is 38.2 Å². The fraction of sp³-hybridized carbons (Fsp3) is 0.588. The molecule has 2 aliphatic heterocycles. The van der Waals surface area contributed by atoms with Gasteiger partial charge in [0, 0.05) is 0 Å². The number of rotatable bonds is 4. The van der Waals surface area contributed by atoms with Crippen molar-refractivity contribution in [1.82, 2.24) is 10.2 Å². The fourth-order valence-corrected chi connectivity index (χ4v) is 11.3. The molecule has 2 saturated heterocycles. The molecule has 0 unspecified atom stereocenters. The van der Waals surface area contributed by atoms with Crippen molar-refractivity contribution in [1.29, 1.82) is 0 Å². The molecule has 0 aliphatic carbocycles. The molecule has 2 aliphatic rings. The molecule has 24 heavy (non-hydrogen) atoms. The summed E-state index contributed by atoms with van der Waals surface area (Å²) < 4.78 is 12.8. The van der Waals surface area contributed by atoms with E-state index in [0.29, 0.717) is 13.2 Å². The maximum atomic E-state index is 12.7. The average Bonchev–Trinajstić information content (AvgIpc) is 2.86. The molecule has 0 bridgehead atoms. The fourth-order valence-electron chi connectivity index (χ4n) is 3.59. The van der Waals surface area contributed by atoms with Crippen LogP contribution in [0.25, 0.3) is 0 Å². The third-order valence-electron chi connectivity index (χ3n) is 4.65. The third-order valence-corrected chi connectivity index (χ3v) is 12.1. The number of fused-ring (bicyclic) bond motifs is 1. The van der Waals surface area contributed by atoms with Gasteiger partial charge in [-0.3, -0.25) is 0 Å². The summed E-state index contributed by atoms with van der Waals surface area (Å²) in [6, 6.07) is 10.3. The number of carbonyl (C=O) groups excluding carboxylic acids is 1. The first-order valence-electron chi connectivity index (χ1n) is 8.47. The minimum absolute atomic E-state index is 0.188. The third kappa shape index (κ3) is 4.51. The van der Waals surface area contributed by atoms with E-state index in [1.807, 2.05) is 49.1 Å². The van der Waals surface area contributed by atoms with Crippen LogP contribution in [0.1, 0.15) is 25.8 Å². The summed E-state index contributed by atoms with van der Waals surface area (Å²) in [6.45, 7) is 5.07. The maximum absolute atomic E-state index is 12.7. The van der Waals surface area contributed by atoms with Crippen molar-refractivity contribution in [3.05, 3.63) is 35.9 Å². The summed E-state index contributed by atoms with van der Waals surface area (Å²) in [6.07, 6.45) is 0.881. The van der Waals surface area contributed by atoms with Crippen LogP contribution in [0.5, 0.6) is 0 Å². The molecule has 0 radical (unpaired) electrons. The van der Waals surface area contributed by atoms with Crippen LogP contribution >= 0.6 is 11.9 Å². The Bertz CT molecular complexity index is 572. The van der Waals surface area contributed by atoms with Gasteiger partial charge in [-0.1, -0.05) is 0 Å². The molecule has 0 aromatic heterocycles. The average molecular weight is 584 g/mol. The zero-order valence-electron chi connectivity index (χ0n) is 14.2. The number of nitrogens with zero attached hydrogens (tertiary/aromatic N) is 1. The van der Waals surface area contributed by atoms with E-state index in [9.17, 15) is 4.79 Å². The van der Waals surface area contributed by atoms with Gasteiger partial charge in [0.25, 0.3) is 0 Å². The number of piperidine rings is 1. The van der Waals surface area contributed by atoms with Crippen LogP contribution in [0.3, 0.4) is 0 Å². The van der Waals surface area contributed by atoms with Crippen molar-refractivity contribution >= 4 is 18.0 Å². The number of hydrogen-bond acceptors (Lipinski definition) is 4. The molecule has 0 saturated carbocycles. The first-order valence-corrected chi connectivity index (χ1v) is 24.3. The number of halogens is 1. The van der Waals surface area contributed by atoms with Crippen LogP contribution in [0.2, 0.25) is 3.93 Å². The molecule has 1 aromatic rings. The summed E-state index contributed by atoms with van der Waals surface area (Å²) in [4.78, 5) is 14.6. The van der Waals surface area contributed by atoms with Crippen LogP contribution < -0.4 is 5.32 Å². The van der Waals surface area contributed by atoms with Crippen molar-refractivity contribution < 1.29 is 36.4 Å². The van der Waals surface area contributed by atoms with Crippen molar-refractivity contribution in [3.63, 3.8) is 0 Å². The second kappa shape index (κ2) is 8.02. The van der Waals surface area contributed by atoms with Crippen molar-refractivity contribution in [2.45, 2.75) is 54.7 Å². The predicted octanol–water partition coefficient (Wildman–Crippen LogP) is 3.30. The molecular formula is C17H23BrHgN2O3. The topological polar surface area (TPSA) is 50.8 Å². The number of carbonyl (C=O) groups is 1. The first kappa shape index (κ1) is 18.6. The summed E-state index contributed by atoms with van der Waals surface area (Å²) in [7, 11) is 0. The van der Waals surface area contributed by atoms with E-state index < -0.39 is 22.1 Å². The van der Waals surface area contributed by atoms with Gasteiger partial charge in [-0.2, -0.15) is 0 Å². The Morgan fingerprint density at radius 1 is 1.46 bits per heavy atom. The molecule has 3 atom stereocenters. The standard InChI is InChI=1S/C17H23N2O3.BrH.Hg/c1-12-9-15-14(18-17(2,3)22-15)10-19(12)16(20)21-11-13-7-5-4-6-8-13;;/h4-8,12,14-15,18H,1,9-11H2,2-3H3;1H;/q;;+1/p-1/t12-,14+,15-;;/m1../s1. The van der Waals surface area contributed by atoms with E-state index in [1.54, 1.807) is 0 Å². The van der Waals surface area contributed by atoms with E-state index in [4.69, 9.17) is 9.47 Å². The summed E-state index contributed by atoms with van der Waals surface area (Å²) >= 11 is 2.68. The monoisotopic (exact) mass is 584 g/mol. The van der Waals surface area contributed by atoms with Gasteiger partial charge < -0.3 is 0 Å². The number of ether oxygens (including phenoxy) is 2. The Morgan fingerprint density at radius 2 is 2.21 bits per heavy atom. The second-order valence-electron chi connectivity index (χ2n) is 6.98. The molecule has 1 amide bonds. The number of likely N-dealkylation sites (tertiary alicyclic amines) is 1. The van der Waals surface area contributed by atoms with Crippen molar-refractivity contribution in [2.75, 3.05) is 6.54 Å². The van der Waals surface area contributed by atoms with Gasteiger partial charge in [0.05, 0.1) is 0 Å². The van der Waals surface area contributed by atoms with E-state index in [2.05, 4.69) is 17.2 Å². The quantitative estimate of drug-likeness (QED) is 0.553. The molecule has 0 spiro atoms. The molecule has 2 heterocycles. The Kier molecular flexibility index (Phi) is 6.22. The van der Waals surface area contributed by atoms with Gasteiger partial charge in [-0.05, 0) is 0 Å². The minimum atomic E-state index is -1.04. The number of benzene rings is 1. The van der Waals surface area contributed by atoms with Gasteiger partial charge >= 0.3 is 162 Å². The van der Waals surface area contributed by atoms with Gasteiger partial charge in [0.1, 0.15) is 0 Å². The number of amides is 1. The summed E-state index contributed by atoms with van der Waals surface area (Å²) in [5, 5.41) is 3.49. The number of hydrogen-bond donors (Lipinski definition) is 1. The van der Waals surface area contributed by atoms with Gasteiger partial charge in [0.2, 0.25) is 0 Å². The first-order chi connectivity index (χ1) is 11.5. The second-order valence-corrected chi connectivity index (χ2v) is 17.6. The van der Waals surface area contributed by atoms with E-state index >= 15 is 0 Å². The molecule has 7 heteroatoms. The van der Waals surface area contributed by atoms with Crippen molar-refractivity contribution in [2.24, 2.45) is 0 Å². The van der Waals surface area contributed by atoms with E-state index in [-0.39, 0.29) is 30.0 Å². The molecule has 1 N–H and O–H groups in total. The van der Waals surface area contributed by atoms with Gasteiger partial charge in [0.15, 0.2) is 0 Å². The van der Waals surface area contributed by atoms with Crippen LogP contribution in [0.4, 0.5) is 4.79 Å². The van der Waals surface area contributed by atoms with E-state index in [0.717, 1.165) is 15.9 Å². The molecule has 1 aromatic carbocycles. The molecule has 2 fully saturated rings. The Labute approximate surface area is 161 Å². The van der Waals surface area contributed by atoms with E-state index in [1.165, 1.54) is 0 Å². The van der Waals surface area contributed by atoms with Crippen molar-refractivity contribution in [3.8, 4) is 0 Å². The normalized spacial score (nSPS) is 28.1. The van der Waals surface area contributed by atoms with Crippen LogP contribution in [0, 0.1) is 0 Å². The zero-order chi connectivity index (χ0) is 17.2. The SMILES string of the molecule is CC1(C)N[C@H]2CN(C(=O)OCc3ccccc3)[C@H]([CH2][Hg][Br])C[C@H]2O1. The molecule has 3 rings (SSSR count). The Hall–Kier alpha value is -0.175. The number of nitrogens with one attached hydrogen (secondary N) is 1. The van der Waals surface area contributed by atoms with Gasteiger partial charge in [-0.25, -0.2) is 0 Å². The Balaban J connectivity index is 1.64. The van der Waals surface area contributed by atoms with Crippen LogP contribution in [-0.4, -0.2) is 41.5 Å². The zero-order valence-corrected chi connectivity index (χ0v) is 21.3. The molecular weight excluding hydrogens is 561 g/mol.